The molecular formula is C30H29F2N3O3. The third kappa shape index (κ3) is 4.77. The fourth-order valence-electron chi connectivity index (χ4n) is 5.61. The van der Waals surface area contributed by atoms with Crippen LogP contribution in [0.4, 0.5) is 8.78 Å². The lowest BCUT2D eigenvalue weighted by Crippen LogP contribution is -2.46. The molecule has 1 saturated heterocycles. The van der Waals surface area contributed by atoms with E-state index < -0.39 is 5.82 Å². The first-order chi connectivity index (χ1) is 18.3. The molecule has 8 heteroatoms. The number of nitrogens with zero attached hydrogens (tertiary/aromatic N) is 2. The number of H-pyrrole nitrogens is 1. The van der Waals surface area contributed by atoms with Gasteiger partial charge in [0, 0.05) is 43.4 Å². The van der Waals surface area contributed by atoms with Crippen molar-refractivity contribution in [3.63, 3.8) is 0 Å². The van der Waals surface area contributed by atoms with Crippen LogP contribution in [0.3, 0.4) is 0 Å². The van der Waals surface area contributed by atoms with Gasteiger partial charge in [-0.25, -0.2) is 13.6 Å². The molecule has 196 valence electrons. The zero-order chi connectivity index (χ0) is 26.4. The van der Waals surface area contributed by atoms with Crippen molar-refractivity contribution in [3.8, 4) is 5.75 Å². The molecule has 6 rings (SSSR count). The second-order valence-electron chi connectivity index (χ2n) is 10.2. The number of aromatic amines is 1. The van der Waals surface area contributed by atoms with Crippen molar-refractivity contribution in [2.24, 2.45) is 0 Å². The maximum absolute atomic E-state index is 14.0. The summed E-state index contributed by atoms with van der Waals surface area (Å²) < 4.78 is 41.5. The zero-order valence-corrected chi connectivity index (χ0v) is 21.3. The van der Waals surface area contributed by atoms with E-state index >= 15 is 0 Å². The third-order valence-corrected chi connectivity index (χ3v) is 7.22. The van der Waals surface area contributed by atoms with E-state index in [9.17, 15) is 13.6 Å². The Morgan fingerprint density at radius 2 is 1.68 bits per heavy atom. The van der Waals surface area contributed by atoms with E-state index in [-0.39, 0.29) is 30.3 Å². The highest BCUT2D eigenvalue weighted by Gasteiger charge is 2.23. The number of imidazole rings is 1. The molecule has 0 bridgehead atoms. The van der Waals surface area contributed by atoms with Crippen molar-refractivity contribution in [3.05, 3.63) is 99.0 Å². The van der Waals surface area contributed by atoms with Crippen LogP contribution >= 0.6 is 0 Å². The Bertz CT molecular complexity index is 1540. The minimum Gasteiger partial charge on any atom is -0.488 e. The molecule has 0 radical (unpaired) electrons. The lowest BCUT2D eigenvalue weighted by molar-refractivity contribution is -0.0685. The Balaban J connectivity index is 1.36. The molecule has 0 amide bonds. The van der Waals surface area contributed by atoms with E-state index in [2.05, 4.69) is 23.7 Å². The molecule has 3 heterocycles. The van der Waals surface area contributed by atoms with E-state index in [1.54, 1.807) is 16.7 Å². The second-order valence-corrected chi connectivity index (χ2v) is 10.2. The first-order valence-corrected chi connectivity index (χ1v) is 12.9. The predicted molar refractivity (Wildman–Crippen MR) is 143 cm³/mol. The molecule has 0 spiro atoms. The van der Waals surface area contributed by atoms with E-state index in [1.165, 1.54) is 24.3 Å². The van der Waals surface area contributed by atoms with Crippen molar-refractivity contribution in [2.45, 2.75) is 39.2 Å². The number of ether oxygens (including phenoxy) is 2. The van der Waals surface area contributed by atoms with Crippen LogP contribution in [0.2, 0.25) is 0 Å². The molecule has 1 fully saturated rings. The van der Waals surface area contributed by atoms with Crippen LogP contribution in [-0.2, 0) is 17.9 Å². The lowest BCUT2D eigenvalue weighted by Gasteiger charge is -2.35. The third-order valence-electron chi connectivity index (χ3n) is 7.22. The molecule has 2 atom stereocenters. The number of rotatable bonds is 4. The van der Waals surface area contributed by atoms with Gasteiger partial charge in [-0.2, -0.15) is 0 Å². The molecule has 38 heavy (non-hydrogen) atoms. The summed E-state index contributed by atoms with van der Waals surface area (Å²) in [4.78, 5) is 18.2. The van der Waals surface area contributed by atoms with Gasteiger partial charge in [0.15, 0.2) is 0 Å². The van der Waals surface area contributed by atoms with Gasteiger partial charge in [0.05, 0.1) is 23.2 Å². The molecular weight excluding hydrogens is 488 g/mol. The predicted octanol–water partition coefficient (Wildman–Crippen LogP) is 5.20. The summed E-state index contributed by atoms with van der Waals surface area (Å²) in [7, 11) is 0. The first kappa shape index (κ1) is 24.6. The van der Waals surface area contributed by atoms with E-state index in [0.717, 1.165) is 52.9 Å². The highest BCUT2D eigenvalue weighted by molar-refractivity contribution is 5.95. The lowest BCUT2D eigenvalue weighted by atomic mass is 9.92. The summed E-state index contributed by atoms with van der Waals surface area (Å²) in [6.45, 7) is 7.31. The van der Waals surface area contributed by atoms with E-state index in [4.69, 9.17) is 9.47 Å². The summed E-state index contributed by atoms with van der Waals surface area (Å²) >= 11 is 0. The van der Waals surface area contributed by atoms with Gasteiger partial charge in [-0.3, -0.25) is 9.47 Å². The van der Waals surface area contributed by atoms with Crippen molar-refractivity contribution < 1.29 is 18.3 Å². The summed E-state index contributed by atoms with van der Waals surface area (Å²) in [5, 5.41) is 0. The molecule has 6 nitrogen and oxygen atoms in total. The average molecular weight is 518 g/mol. The van der Waals surface area contributed by atoms with Crippen LogP contribution in [0.5, 0.6) is 5.75 Å². The SMILES string of the molecule is C[C@@H]1CN(CCn2c(=O)[nH]c3cc(/C=C4\c5ccc(F)cc5COc5cc(F)ccc54)ccc32)C[C@H](C)O1. The fourth-order valence-corrected chi connectivity index (χ4v) is 5.61. The number of aromatic nitrogens is 2. The molecule has 4 aromatic rings. The van der Waals surface area contributed by atoms with E-state index in [0.29, 0.717) is 17.9 Å². The highest BCUT2D eigenvalue weighted by atomic mass is 19.1. The standard InChI is InChI=1S/C30H29F2N3O3/c1-18-15-34(16-19(2)38-18)9-10-35-28-8-3-20(12-27(28)33-30(35)36)11-26-24-6-4-22(31)13-21(24)17-37-29-14-23(32)5-7-25(26)29/h3-8,11-14,18-19H,9-10,15-17H2,1-2H3,(H,33,36)/b26-11+/t18-,19+. The summed E-state index contributed by atoms with van der Waals surface area (Å²) in [5.41, 5.74) is 5.28. The largest absolute Gasteiger partial charge is 0.488 e. The van der Waals surface area contributed by atoms with Crippen LogP contribution in [0.1, 0.15) is 36.1 Å². The number of benzene rings is 3. The second kappa shape index (κ2) is 9.85. The van der Waals surface area contributed by atoms with Crippen LogP contribution in [0, 0.1) is 11.6 Å². The molecule has 1 N–H and O–H groups in total. The number of fused-ring (bicyclic) bond motifs is 3. The van der Waals surface area contributed by atoms with Crippen molar-refractivity contribution in [2.75, 3.05) is 19.6 Å². The monoisotopic (exact) mass is 517 g/mol. The summed E-state index contributed by atoms with van der Waals surface area (Å²) in [6, 6.07) is 14.8. The number of nitrogens with one attached hydrogen (secondary N) is 1. The van der Waals surface area contributed by atoms with Gasteiger partial charge in [-0.05, 0) is 73.0 Å². The van der Waals surface area contributed by atoms with Crippen LogP contribution in [-0.4, -0.2) is 46.3 Å². The smallest absolute Gasteiger partial charge is 0.326 e. The minimum absolute atomic E-state index is 0.136. The maximum atomic E-state index is 14.0. The first-order valence-electron chi connectivity index (χ1n) is 12.9. The van der Waals surface area contributed by atoms with Gasteiger partial charge in [0.25, 0.3) is 0 Å². The molecule has 1 aromatic heterocycles. The van der Waals surface area contributed by atoms with Gasteiger partial charge < -0.3 is 14.5 Å². The number of hydrogen-bond acceptors (Lipinski definition) is 4. The summed E-state index contributed by atoms with van der Waals surface area (Å²) in [5.74, 6) is -0.355. The van der Waals surface area contributed by atoms with Gasteiger partial charge in [0.1, 0.15) is 24.0 Å². The number of hydrogen-bond donors (Lipinski definition) is 1. The molecule has 0 saturated carbocycles. The Hall–Kier alpha value is -3.75. The van der Waals surface area contributed by atoms with Gasteiger partial charge in [-0.15, -0.1) is 0 Å². The van der Waals surface area contributed by atoms with Crippen molar-refractivity contribution >= 4 is 22.7 Å². The van der Waals surface area contributed by atoms with Gasteiger partial charge in [-0.1, -0.05) is 12.1 Å². The molecule has 2 aliphatic heterocycles. The van der Waals surface area contributed by atoms with Crippen LogP contribution in [0.25, 0.3) is 22.7 Å². The van der Waals surface area contributed by atoms with Gasteiger partial charge in [0.2, 0.25) is 0 Å². The fraction of sp³-hybridized carbons (Fsp3) is 0.300. The molecule has 2 aliphatic rings. The maximum Gasteiger partial charge on any atom is 0.326 e. The van der Waals surface area contributed by atoms with Crippen LogP contribution in [0.15, 0.2) is 59.4 Å². The number of morpholine rings is 1. The highest BCUT2D eigenvalue weighted by Crippen LogP contribution is 2.38. The molecule has 0 aliphatic carbocycles. The Morgan fingerprint density at radius 3 is 2.47 bits per heavy atom. The van der Waals surface area contributed by atoms with Crippen molar-refractivity contribution in [1.82, 2.24) is 14.5 Å². The van der Waals surface area contributed by atoms with Gasteiger partial charge >= 0.3 is 5.69 Å². The van der Waals surface area contributed by atoms with Crippen LogP contribution < -0.4 is 10.4 Å². The van der Waals surface area contributed by atoms with Crippen molar-refractivity contribution in [1.29, 1.82) is 0 Å². The number of halogens is 2. The topological polar surface area (TPSA) is 59.5 Å². The average Bonchev–Trinajstić information content (AvgIpc) is 3.10. The zero-order valence-electron chi connectivity index (χ0n) is 21.3. The van der Waals surface area contributed by atoms with E-state index in [1.807, 2.05) is 24.3 Å². The summed E-state index contributed by atoms with van der Waals surface area (Å²) in [6.07, 6.45) is 2.31. The molecule has 0 unspecified atom stereocenters. The normalized spacial score (nSPS) is 20.7. The quantitative estimate of drug-likeness (QED) is 0.404. The molecule has 3 aromatic carbocycles. The Labute approximate surface area is 219 Å². The minimum atomic E-state index is -0.401. The Kier molecular flexibility index (Phi) is 6.37. The Morgan fingerprint density at radius 1 is 0.947 bits per heavy atom.